The molecule has 13 heavy (non-hydrogen) atoms. The van der Waals surface area contributed by atoms with Gasteiger partial charge in [0.05, 0.1) is 0 Å². The van der Waals surface area contributed by atoms with Gasteiger partial charge in [0, 0.05) is 45.4 Å². The first-order valence-corrected chi connectivity index (χ1v) is 5.21. The van der Waals surface area contributed by atoms with E-state index in [9.17, 15) is 0 Å². The maximum Gasteiger partial charge on any atom is 0.0474 e. The van der Waals surface area contributed by atoms with Crippen molar-refractivity contribution in [3.8, 4) is 0 Å². The van der Waals surface area contributed by atoms with E-state index in [4.69, 9.17) is 4.74 Å². The normalized spacial score (nSPS) is 30.7. The van der Waals surface area contributed by atoms with E-state index in [0.29, 0.717) is 12.1 Å². The molecule has 0 aliphatic carbocycles. The number of piperazine rings is 1. The van der Waals surface area contributed by atoms with Crippen molar-refractivity contribution in [1.82, 2.24) is 10.2 Å². The van der Waals surface area contributed by atoms with E-state index in [1.165, 1.54) is 0 Å². The highest BCUT2D eigenvalue weighted by Gasteiger charge is 2.23. The summed E-state index contributed by atoms with van der Waals surface area (Å²) in [7, 11) is 1.77. The monoisotopic (exact) mass is 186 g/mol. The molecular weight excluding hydrogens is 164 g/mol. The zero-order valence-corrected chi connectivity index (χ0v) is 9.05. The lowest BCUT2D eigenvalue weighted by molar-refractivity contribution is 0.0987. The first-order valence-electron chi connectivity index (χ1n) is 5.21. The van der Waals surface area contributed by atoms with Crippen LogP contribution in [0.5, 0.6) is 0 Å². The third kappa shape index (κ3) is 3.25. The molecule has 0 spiro atoms. The van der Waals surface area contributed by atoms with E-state index >= 15 is 0 Å². The Morgan fingerprint density at radius 3 is 2.46 bits per heavy atom. The Labute approximate surface area is 81.4 Å². The van der Waals surface area contributed by atoms with Gasteiger partial charge in [-0.05, 0) is 20.3 Å². The van der Waals surface area contributed by atoms with Gasteiger partial charge in [0.2, 0.25) is 0 Å². The summed E-state index contributed by atoms with van der Waals surface area (Å²) < 4.78 is 5.06. The molecule has 0 bridgehead atoms. The van der Waals surface area contributed by atoms with Crippen molar-refractivity contribution < 1.29 is 4.74 Å². The summed E-state index contributed by atoms with van der Waals surface area (Å²) in [6, 6.07) is 1.33. The molecule has 0 saturated carbocycles. The van der Waals surface area contributed by atoms with E-state index in [0.717, 1.165) is 32.7 Å². The SMILES string of the molecule is COCCCN1[C@@H](C)CNC[C@@H]1C. The highest BCUT2D eigenvalue weighted by Crippen LogP contribution is 2.09. The highest BCUT2D eigenvalue weighted by molar-refractivity contribution is 4.81. The molecule has 3 nitrogen and oxygen atoms in total. The quantitative estimate of drug-likeness (QED) is 0.654. The molecule has 1 aliphatic rings. The van der Waals surface area contributed by atoms with Crippen LogP contribution in [0, 0.1) is 0 Å². The minimum atomic E-state index is 0.667. The Kier molecular flexibility index (Phi) is 4.70. The van der Waals surface area contributed by atoms with Gasteiger partial charge < -0.3 is 10.1 Å². The first kappa shape index (κ1) is 11.0. The zero-order chi connectivity index (χ0) is 9.68. The summed E-state index contributed by atoms with van der Waals surface area (Å²) in [5.74, 6) is 0. The fourth-order valence-electron chi connectivity index (χ4n) is 2.00. The maximum atomic E-state index is 5.06. The molecule has 1 rings (SSSR count). The number of ether oxygens (including phenoxy) is 1. The van der Waals surface area contributed by atoms with Crippen molar-refractivity contribution in [1.29, 1.82) is 0 Å². The lowest BCUT2D eigenvalue weighted by Gasteiger charge is -2.39. The van der Waals surface area contributed by atoms with E-state index in [-0.39, 0.29) is 0 Å². The Morgan fingerprint density at radius 2 is 1.92 bits per heavy atom. The summed E-state index contributed by atoms with van der Waals surface area (Å²) in [4.78, 5) is 2.57. The van der Waals surface area contributed by atoms with Crippen LogP contribution in [0.1, 0.15) is 20.3 Å². The second-order valence-electron chi connectivity index (χ2n) is 3.94. The van der Waals surface area contributed by atoms with Crippen LogP contribution in [0.3, 0.4) is 0 Å². The van der Waals surface area contributed by atoms with Gasteiger partial charge in [0.1, 0.15) is 0 Å². The van der Waals surface area contributed by atoms with Crippen LogP contribution in [0.2, 0.25) is 0 Å². The summed E-state index contributed by atoms with van der Waals surface area (Å²) >= 11 is 0. The Bertz CT molecular complexity index is 131. The molecule has 1 fully saturated rings. The standard InChI is InChI=1S/C10H22N2O/c1-9-7-11-8-10(2)12(9)5-4-6-13-3/h9-11H,4-8H2,1-3H3/t9-,10-/m0/s1. The highest BCUT2D eigenvalue weighted by atomic mass is 16.5. The van der Waals surface area contributed by atoms with Crippen molar-refractivity contribution in [3.05, 3.63) is 0 Å². The molecule has 78 valence electrons. The van der Waals surface area contributed by atoms with Crippen molar-refractivity contribution in [2.45, 2.75) is 32.4 Å². The molecule has 1 N–H and O–H groups in total. The Hall–Kier alpha value is -0.120. The predicted molar refractivity (Wildman–Crippen MR) is 55.0 cm³/mol. The summed E-state index contributed by atoms with van der Waals surface area (Å²) in [6.45, 7) is 8.86. The number of nitrogens with zero attached hydrogens (tertiary/aromatic N) is 1. The smallest absolute Gasteiger partial charge is 0.0474 e. The molecule has 3 heteroatoms. The van der Waals surface area contributed by atoms with E-state index in [1.54, 1.807) is 7.11 Å². The predicted octanol–water partition coefficient (Wildman–Crippen LogP) is 0.705. The lowest BCUT2D eigenvalue weighted by Crippen LogP contribution is -2.55. The molecule has 0 radical (unpaired) electrons. The molecule has 2 atom stereocenters. The van der Waals surface area contributed by atoms with Crippen molar-refractivity contribution in [2.75, 3.05) is 33.4 Å². The third-order valence-corrected chi connectivity index (χ3v) is 2.78. The summed E-state index contributed by atoms with van der Waals surface area (Å²) in [5, 5.41) is 3.43. The topological polar surface area (TPSA) is 24.5 Å². The molecule has 1 aliphatic heterocycles. The average Bonchev–Trinajstić information content (AvgIpc) is 2.10. The molecule has 0 aromatic heterocycles. The molecular formula is C10H22N2O. The van der Waals surface area contributed by atoms with Crippen LogP contribution < -0.4 is 5.32 Å². The van der Waals surface area contributed by atoms with Crippen LogP contribution in [-0.2, 0) is 4.74 Å². The van der Waals surface area contributed by atoms with Crippen molar-refractivity contribution in [2.24, 2.45) is 0 Å². The van der Waals surface area contributed by atoms with Gasteiger partial charge in [-0.25, -0.2) is 0 Å². The van der Waals surface area contributed by atoms with Gasteiger partial charge in [-0.15, -0.1) is 0 Å². The number of nitrogens with one attached hydrogen (secondary N) is 1. The van der Waals surface area contributed by atoms with Crippen LogP contribution in [0.25, 0.3) is 0 Å². The second-order valence-corrected chi connectivity index (χ2v) is 3.94. The van der Waals surface area contributed by atoms with E-state index in [2.05, 4.69) is 24.1 Å². The molecule has 1 heterocycles. The maximum absolute atomic E-state index is 5.06. The fourth-order valence-corrected chi connectivity index (χ4v) is 2.00. The van der Waals surface area contributed by atoms with Crippen molar-refractivity contribution in [3.63, 3.8) is 0 Å². The number of hydrogen-bond donors (Lipinski definition) is 1. The lowest BCUT2D eigenvalue weighted by atomic mass is 10.1. The first-order chi connectivity index (χ1) is 6.25. The van der Waals surface area contributed by atoms with Gasteiger partial charge in [-0.2, -0.15) is 0 Å². The molecule has 0 amide bonds. The minimum absolute atomic E-state index is 0.667. The van der Waals surface area contributed by atoms with Crippen LogP contribution in [0.4, 0.5) is 0 Å². The zero-order valence-electron chi connectivity index (χ0n) is 9.05. The van der Waals surface area contributed by atoms with Gasteiger partial charge in [0.25, 0.3) is 0 Å². The fraction of sp³-hybridized carbons (Fsp3) is 1.00. The van der Waals surface area contributed by atoms with Crippen molar-refractivity contribution >= 4 is 0 Å². The van der Waals surface area contributed by atoms with Gasteiger partial charge in [0.15, 0.2) is 0 Å². The number of rotatable bonds is 4. The summed E-state index contributed by atoms with van der Waals surface area (Å²) in [6.07, 6.45) is 1.14. The average molecular weight is 186 g/mol. The van der Waals surface area contributed by atoms with Crippen LogP contribution in [0.15, 0.2) is 0 Å². The minimum Gasteiger partial charge on any atom is -0.385 e. The van der Waals surface area contributed by atoms with Crippen LogP contribution >= 0.6 is 0 Å². The van der Waals surface area contributed by atoms with Gasteiger partial charge >= 0.3 is 0 Å². The second kappa shape index (κ2) is 5.58. The molecule has 0 unspecified atom stereocenters. The molecule has 0 aromatic rings. The molecule has 0 aromatic carbocycles. The van der Waals surface area contributed by atoms with Crippen LogP contribution in [-0.4, -0.2) is 50.3 Å². The van der Waals surface area contributed by atoms with Gasteiger partial charge in [-0.1, -0.05) is 0 Å². The molecule has 1 saturated heterocycles. The van der Waals surface area contributed by atoms with E-state index < -0.39 is 0 Å². The Balaban J connectivity index is 2.26. The van der Waals surface area contributed by atoms with E-state index in [1.807, 2.05) is 0 Å². The summed E-state index contributed by atoms with van der Waals surface area (Å²) in [5.41, 5.74) is 0. The Morgan fingerprint density at radius 1 is 1.31 bits per heavy atom. The largest absolute Gasteiger partial charge is 0.385 e. The number of hydrogen-bond acceptors (Lipinski definition) is 3. The third-order valence-electron chi connectivity index (χ3n) is 2.78. The van der Waals surface area contributed by atoms with Gasteiger partial charge in [-0.3, -0.25) is 4.90 Å². The number of methoxy groups -OCH3 is 1.